The summed E-state index contributed by atoms with van der Waals surface area (Å²) in [5, 5.41) is 9.80. The molecule has 2 aromatic carbocycles. The van der Waals surface area contributed by atoms with Gasteiger partial charge in [-0.1, -0.05) is 6.07 Å². The van der Waals surface area contributed by atoms with Crippen LogP contribution in [0, 0.1) is 29.1 Å². The first-order valence-corrected chi connectivity index (χ1v) is 5.65. The Labute approximate surface area is 111 Å². The van der Waals surface area contributed by atoms with Crippen molar-refractivity contribution in [2.75, 3.05) is 0 Å². The van der Waals surface area contributed by atoms with Crippen LogP contribution in [0.25, 0.3) is 0 Å². The first-order chi connectivity index (χ1) is 9.38. The van der Waals surface area contributed by atoms with E-state index in [9.17, 15) is 27.1 Å². The van der Waals surface area contributed by atoms with E-state index in [1.807, 2.05) is 0 Å². The number of aliphatic hydroxyl groups is 1. The zero-order valence-electron chi connectivity index (χ0n) is 10.0. The highest BCUT2D eigenvalue weighted by Gasteiger charge is 2.16. The predicted molar refractivity (Wildman–Crippen MR) is 61.3 cm³/mol. The van der Waals surface area contributed by atoms with Crippen LogP contribution >= 0.6 is 0 Å². The van der Waals surface area contributed by atoms with Gasteiger partial charge in [-0.3, -0.25) is 0 Å². The van der Waals surface area contributed by atoms with Gasteiger partial charge in [0.15, 0.2) is 29.1 Å². The predicted octanol–water partition coefficient (Wildman–Crippen LogP) is 3.66. The molecule has 6 heteroatoms. The second-order valence-electron chi connectivity index (χ2n) is 4.27. The van der Waals surface area contributed by atoms with E-state index in [-0.39, 0.29) is 17.5 Å². The van der Waals surface area contributed by atoms with Crippen LogP contribution in [-0.4, -0.2) is 5.11 Å². The maximum absolute atomic E-state index is 13.0. The van der Waals surface area contributed by atoms with E-state index >= 15 is 0 Å². The standard InChI is InChI=1S/C14H9F5O/c15-9-2-1-7(3-10(9)16)4-13(20)8-5-11(17)14(19)12(18)6-8/h1-3,5-6,13,20H,4H2. The summed E-state index contributed by atoms with van der Waals surface area (Å²) in [6.07, 6.45) is -1.56. The molecule has 0 aliphatic heterocycles. The molecular weight excluding hydrogens is 279 g/mol. The van der Waals surface area contributed by atoms with Gasteiger partial charge in [0.05, 0.1) is 6.10 Å². The fraction of sp³-hybridized carbons (Fsp3) is 0.143. The summed E-state index contributed by atoms with van der Waals surface area (Å²) in [7, 11) is 0. The molecule has 0 aliphatic carbocycles. The second-order valence-corrected chi connectivity index (χ2v) is 4.27. The van der Waals surface area contributed by atoms with Crippen LogP contribution in [0.5, 0.6) is 0 Å². The molecule has 1 unspecified atom stereocenters. The molecule has 0 saturated carbocycles. The Balaban J connectivity index is 2.23. The van der Waals surface area contributed by atoms with Crippen molar-refractivity contribution in [3.05, 3.63) is 70.5 Å². The van der Waals surface area contributed by atoms with Crippen molar-refractivity contribution in [1.82, 2.24) is 0 Å². The minimum absolute atomic E-state index is 0.189. The number of hydrogen-bond donors (Lipinski definition) is 1. The molecule has 0 heterocycles. The maximum Gasteiger partial charge on any atom is 0.194 e. The normalized spacial score (nSPS) is 12.5. The van der Waals surface area contributed by atoms with Gasteiger partial charge in [0.1, 0.15) is 0 Å². The summed E-state index contributed by atoms with van der Waals surface area (Å²) in [6, 6.07) is 4.29. The topological polar surface area (TPSA) is 20.2 Å². The van der Waals surface area contributed by atoms with E-state index in [0.29, 0.717) is 12.1 Å². The maximum atomic E-state index is 13.0. The van der Waals surface area contributed by atoms with Crippen molar-refractivity contribution >= 4 is 0 Å². The van der Waals surface area contributed by atoms with Gasteiger partial charge in [0, 0.05) is 6.42 Å². The molecule has 106 valence electrons. The third-order valence-electron chi connectivity index (χ3n) is 2.80. The Bertz CT molecular complexity index is 618. The van der Waals surface area contributed by atoms with Gasteiger partial charge in [-0.25, -0.2) is 22.0 Å². The highest BCUT2D eigenvalue weighted by atomic mass is 19.2. The van der Waals surface area contributed by atoms with E-state index < -0.39 is 35.2 Å². The highest BCUT2D eigenvalue weighted by Crippen LogP contribution is 2.23. The molecule has 1 atom stereocenters. The van der Waals surface area contributed by atoms with Gasteiger partial charge in [-0.15, -0.1) is 0 Å². The molecule has 0 aromatic heterocycles. The van der Waals surface area contributed by atoms with Gasteiger partial charge in [-0.2, -0.15) is 0 Å². The molecule has 0 saturated heterocycles. The first-order valence-electron chi connectivity index (χ1n) is 5.65. The molecule has 2 aromatic rings. The molecule has 0 fully saturated rings. The lowest BCUT2D eigenvalue weighted by atomic mass is 10.0. The molecule has 0 bridgehead atoms. The van der Waals surface area contributed by atoms with E-state index in [1.54, 1.807) is 0 Å². The molecular formula is C14H9F5O. The van der Waals surface area contributed by atoms with Gasteiger partial charge >= 0.3 is 0 Å². The van der Waals surface area contributed by atoms with Crippen molar-refractivity contribution in [2.45, 2.75) is 12.5 Å². The quantitative estimate of drug-likeness (QED) is 0.675. The number of hydrogen-bond acceptors (Lipinski definition) is 1. The molecule has 0 aliphatic rings. The molecule has 1 N–H and O–H groups in total. The number of rotatable bonds is 3. The third kappa shape index (κ3) is 2.96. The van der Waals surface area contributed by atoms with E-state index in [1.165, 1.54) is 6.07 Å². The molecule has 1 nitrogen and oxygen atoms in total. The Hall–Kier alpha value is -1.95. The second kappa shape index (κ2) is 5.58. The Morgan fingerprint density at radius 1 is 0.800 bits per heavy atom. The Morgan fingerprint density at radius 2 is 1.40 bits per heavy atom. The van der Waals surface area contributed by atoms with Gasteiger partial charge in [-0.05, 0) is 35.4 Å². The van der Waals surface area contributed by atoms with Gasteiger partial charge in [0.25, 0.3) is 0 Å². The minimum atomic E-state index is -1.63. The summed E-state index contributed by atoms with van der Waals surface area (Å²) >= 11 is 0. The van der Waals surface area contributed by atoms with Gasteiger partial charge < -0.3 is 5.11 Å². The van der Waals surface area contributed by atoms with Crippen LogP contribution < -0.4 is 0 Å². The minimum Gasteiger partial charge on any atom is -0.388 e. The average Bonchev–Trinajstić information content (AvgIpc) is 2.39. The van der Waals surface area contributed by atoms with E-state index in [4.69, 9.17) is 0 Å². The largest absolute Gasteiger partial charge is 0.388 e. The van der Waals surface area contributed by atoms with Crippen molar-refractivity contribution in [3.8, 4) is 0 Å². The van der Waals surface area contributed by atoms with Crippen LogP contribution in [0.1, 0.15) is 17.2 Å². The number of benzene rings is 2. The highest BCUT2D eigenvalue weighted by molar-refractivity contribution is 5.25. The Morgan fingerprint density at radius 3 is 1.95 bits per heavy atom. The zero-order valence-corrected chi connectivity index (χ0v) is 10.0. The fourth-order valence-electron chi connectivity index (χ4n) is 1.78. The molecule has 20 heavy (non-hydrogen) atoms. The molecule has 2 rings (SSSR count). The van der Waals surface area contributed by atoms with Crippen LogP contribution in [-0.2, 0) is 6.42 Å². The molecule has 0 amide bonds. The van der Waals surface area contributed by atoms with Crippen molar-refractivity contribution in [2.24, 2.45) is 0 Å². The number of halogens is 5. The molecule has 0 spiro atoms. The van der Waals surface area contributed by atoms with Crippen LogP contribution in [0.3, 0.4) is 0 Å². The summed E-state index contributed by atoms with van der Waals surface area (Å²) in [5.41, 5.74) is 0.0488. The zero-order chi connectivity index (χ0) is 14.9. The van der Waals surface area contributed by atoms with Crippen molar-refractivity contribution in [1.29, 1.82) is 0 Å². The third-order valence-corrected chi connectivity index (χ3v) is 2.80. The summed E-state index contributed by atoms with van der Waals surface area (Å²) < 4.78 is 64.5. The first kappa shape index (κ1) is 14.5. The average molecular weight is 288 g/mol. The van der Waals surface area contributed by atoms with Crippen molar-refractivity contribution in [3.63, 3.8) is 0 Å². The Kier molecular flexibility index (Phi) is 4.04. The van der Waals surface area contributed by atoms with Crippen LogP contribution in [0.4, 0.5) is 22.0 Å². The lowest BCUT2D eigenvalue weighted by molar-refractivity contribution is 0.177. The van der Waals surface area contributed by atoms with Crippen LogP contribution in [0.15, 0.2) is 30.3 Å². The van der Waals surface area contributed by atoms with Gasteiger partial charge in [0.2, 0.25) is 0 Å². The lowest BCUT2D eigenvalue weighted by Gasteiger charge is -2.12. The lowest BCUT2D eigenvalue weighted by Crippen LogP contribution is -2.05. The summed E-state index contributed by atoms with van der Waals surface area (Å²) in [4.78, 5) is 0. The number of aliphatic hydroxyl groups excluding tert-OH is 1. The fourth-order valence-corrected chi connectivity index (χ4v) is 1.78. The smallest absolute Gasteiger partial charge is 0.194 e. The SMILES string of the molecule is OC(Cc1ccc(F)c(F)c1)c1cc(F)c(F)c(F)c1. The summed E-state index contributed by atoms with van der Waals surface area (Å²) in [6.45, 7) is 0. The van der Waals surface area contributed by atoms with E-state index in [2.05, 4.69) is 0 Å². The van der Waals surface area contributed by atoms with Crippen molar-refractivity contribution < 1.29 is 27.1 Å². The van der Waals surface area contributed by atoms with E-state index in [0.717, 1.165) is 12.1 Å². The summed E-state index contributed by atoms with van der Waals surface area (Å²) in [5.74, 6) is -6.62. The monoisotopic (exact) mass is 288 g/mol. The van der Waals surface area contributed by atoms with Crippen LogP contribution in [0.2, 0.25) is 0 Å². The molecule has 0 radical (unpaired) electrons.